The van der Waals surface area contributed by atoms with Crippen molar-refractivity contribution in [2.45, 2.75) is 52.4 Å². The molecule has 0 saturated carbocycles. The first kappa shape index (κ1) is 20.4. The van der Waals surface area contributed by atoms with E-state index in [-0.39, 0.29) is 12.6 Å². The van der Waals surface area contributed by atoms with Crippen LogP contribution in [-0.4, -0.2) is 29.3 Å². The summed E-state index contributed by atoms with van der Waals surface area (Å²) >= 11 is 0. The van der Waals surface area contributed by atoms with Crippen molar-refractivity contribution in [3.05, 3.63) is 48.4 Å². The zero-order chi connectivity index (χ0) is 21.5. The van der Waals surface area contributed by atoms with Crippen LogP contribution in [0.1, 0.15) is 40.2 Å². The average molecular weight is 409 g/mol. The van der Waals surface area contributed by atoms with Crippen LogP contribution in [0.3, 0.4) is 0 Å². The van der Waals surface area contributed by atoms with Crippen molar-refractivity contribution < 1.29 is 28.0 Å². The van der Waals surface area contributed by atoms with Gasteiger partial charge in [0.15, 0.2) is 0 Å². The van der Waals surface area contributed by atoms with E-state index in [9.17, 15) is 4.79 Å². The molecule has 0 radical (unpaired) electrons. The predicted octanol–water partition coefficient (Wildman–Crippen LogP) is 3.98. The quantitative estimate of drug-likeness (QED) is 0.466. The molecule has 0 N–H and O–H groups in total. The number of carbonyl (C=O) groups excluding carboxylic acids is 1. The summed E-state index contributed by atoms with van der Waals surface area (Å²) in [6.45, 7) is 9.43. The molecule has 0 aliphatic carbocycles. The van der Waals surface area contributed by atoms with Gasteiger partial charge >= 0.3 is 13.1 Å². The Balaban J connectivity index is 1.67. The Labute approximate surface area is 175 Å². The number of nitrogens with zero attached hydrogens (tertiary/aromatic N) is 1. The molecule has 0 atom stereocenters. The number of hydrogen-bond donors (Lipinski definition) is 0. The van der Waals surface area contributed by atoms with Gasteiger partial charge in [-0.3, -0.25) is 4.79 Å². The van der Waals surface area contributed by atoms with Gasteiger partial charge in [-0.2, -0.15) is 0 Å². The normalized spacial score (nSPS) is 17.3. The van der Waals surface area contributed by atoms with Gasteiger partial charge in [0.1, 0.15) is 17.9 Å². The highest BCUT2D eigenvalue weighted by Crippen LogP contribution is 2.37. The summed E-state index contributed by atoms with van der Waals surface area (Å²) in [5, 5.41) is 0.772. The third-order valence-corrected chi connectivity index (χ3v) is 5.61. The smallest absolute Gasteiger partial charge is 0.464 e. The number of benzene rings is 1. The molecule has 7 nitrogen and oxygen atoms in total. The average Bonchev–Trinajstić information content (AvgIpc) is 3.23. The fourth-order valence-corrected chi connectivity index (χ4v) is 3.21. The summed E-state index contributed by atoms with van der Waals surface area (Å²) in [6, 6.07) is 9.07. The van der Waals surface area contributed by atoms with Crippen LogP contribution >= 0.6 is 0 Å². The van der Waals surface area contributed by atoms with Crippen molar-refractivity contribution in [2.75, 3.05) is 0 Å². The van der Waals surface area contributed by atoms with E-state index in [1.54, 1.807) is 24.6 Å². The number of esters is 1. The van der Waals surface area contributed by atoms with Crippen molar-refractivity contribution in [1.82, 2.24) is 4.98 Å². The van der Waals surface area contributed by atoms with Crippen LogP contribution in [0.4, 0.5) is 0 Å². The van der Waals surface area contributed by atoms with Gasteiger partial charge in [0, 0.05) is 13.1 Å². The van der Waals surface area contributed by atoms with Gasteiger partial charge in [-0.05, 0) is 63.0 Å². The molecule has 1 saturated heterocycles. The molecule has 1 aliphatic heterocycles. The van der Waals surface area contributed by atoms with Crippen molar-refractivity contribution >= 4 is 29.5 Å². The number of hydrogen-bond acceptors (Lipinski definition) is 7. The number of carbonyl (C=O) groups is 1. The lowest BCUT2D eigenvalue weighted by Crippen LogP contribution is -2.41. The van der Waals surface area contributed by atoms with E-state index in [0.717, 1.165) is 16.4 Å². The molecule has 0 bridgehead atoms. The molecule has 0 amide bonds. The maximum absolute atomic E-state index is 11.4. The van der Waals surface area contributed by atoms with Gasteiger partial charge < -0.3 is 23.2 Å². The number of ether oxygens (including phenoxy) is 2. The first-order valence-corrected chi connectivity index (χ1v) is 9.78. The zero-order valence-electron chi connectivity index (χ0n) is 17.7. The molecular formula is C22H24BNO6. The minimum atomic E-state index is -0.579. The lowest BCUT2D eigenvalue weighted by Gasteiger charge is -2.32. The maximum atomic E-state index is 11.4. The Kier molecular flexibility index (Phi) is 5.07. The Morgan fingerprint density at radius 3 is 2.53 bits per heavy atom. The molecule has 0 unspecified atom stereocenters. The van der Waals surface area contributed by atoms with E-state index in [1.807, 2.05) is 45.9 Å². The summed E-state index contributed by atoms with van der Waals surface area (Å²) in [6.07, 6.45) is 3.21. The summed E-state index contributed by atoms with van der Waals surface area (Å²) in [7, 11) is -0.579. The van der Waals surface area contributed by atoms with Gasteiger partial charge in [0.05, 0.1) is 22.9 Å². The van der Waals surface area contributed by atoms with E-state index >= 15 is 0 Å². The van der Waals surface area contributed by atoms with Crippen LogP contribution in [0.25, 0.3) is 11.0 Å². The molecule has 1 fully saturated rings. The molecule has 2 aromatic heterocycles. The van der Waals surface area contributed by atoms with Crippen molar-refractivity contribution in [3.8, 4) is 11.6 Å². The van der Waals surface area contributed by atoms with E-state index in [2.05, 4.69) is 4.98 Å². The first-order valence-electron chi connectivity index (χ1n) is 9.78. The number of rotatable bonds is 5. The van der Waals surface area contributed by atoms with E-state index in [4.69, 9.17) is 23.2 Å². The molecule has 1 aliphatic rings. The Morgan fingerprint density at radius 1 is 1.10 bits per heavy atom. The molecule has 8 heteroatoms. The van der Waals surface area contributed by atoms with Gasteiger partial charge in [0.2, 0.25) is 5.88 Å². The highest BCUT2D eigenvalue weighted by Gasteiger charge is 2.52. The van der Waals surface area contributed by atoms with Crippen molar-refractivity contribution in [3.63, 3.8) is 0 Å². The van der Waals surface area contributed by atoms with Crippen LogP contribution in [-0.2, 0) is 25.4 Å². The first-order chi connectivity index (χ1) is 14.2. The van der Waals surface area contributed by atoms with Crippen LogP contribution in [0.2, 0.25) is 0 Å². The number of aromatic nitrogens is 1. The minimum absolute atomic E-state index is 0.0787. The fourth-order valence-electron chi connectivity index (χ4n) is 3.21. The SMILES string of the molecule is CC(=O)OCc1cc(Oc2nccc3occc23)ccc1B1OC(C)(C)C(C)(C)O1. The van der Waals surface area contributed by atoms with Gasteiger partial charge in [-0.25, -0.2) is 4.98 Å². The highest BCUT2D eigenvalue weighted by molar-refractivity contribution is 6.62. The Bertz CT molecular complexity index is 1070. The summed E-state index contributed by atoms with van der Waals surface area (Å²) in [5.41, 5.74) is 1.25. The molecule has 30 heavy (non-hydrogen) atoms. The highest BCUT2D eigenvalue weighted by atomic mass is 16.7. The Hall–Kier alpha value is -2.84. The van der Waals surface area contributed by atoms with Gasteiger partial charge in [-0.1, -0.05) is 6.07 Å². The second-order valence-corrected chi connectivity index (χ2v) is 8.28. The number of furan rings is 1. The predicted molar refractivity (Wildman–Crippen MR) is 112 cm³/mol. The van der Waals surface area contributed by atoms with Crippen LogP contribution in [0, 0.1) is 0 Å². The van der Waals surface area contributed by atoms with Gasteiger partial charge in [-0.15, -0.1) is 0 Å². The lowest BCUT2D eigenvalue weighted by molar-refractivity contribution is -0.142. The van der Waals surface area contributed by atoms with Crippen LogP contribution in [0.15, 0.2) is 47.2 Å². The van der Waals surface area contributed by atoms with Gasteiger partial charge in [0.25, 0.3) is 0 Å². The lowest BCUT2D eigenvalue weighted by atomic mass is 9.76. The second-order valence-electron chi connectivity index (χ2n) is 8.28. The molecule has 3 heterocycles. The third-order valence-electron chi connectivity index (χ3n) is 5.61. The summed E-state index contributed by atoms with van der Waals surface area (Å²) in [5.74, 6) is 0.618. The largest absolute Gasteiger partial charge is 0.495 e. The molecule has 1 aromatic carbocycles. The standard InChI is InChI=1S/C22H24BNO6/c1-14(25)27-13-15-12-16(28-20-17-9-11-26-19(17)8-10-24-20)6-7-18(15)23-29-21(2,3)22(4,5)30-23/h6-12H,13H2,1-5H3. The number of fused-ring (bicyclic) bond motifs is 1. The molecular weight excluding hydrogens is 385 g/mol. The summed E-state index contributed by atoms with van der Waals surface area (Å²) < 4.78 is 29.0. The zero-order valence-corrected chi connectivity index (χ0v) is 17.7. The summed E-state index contributed by atoms with van der Waals surface area (Å²) in [4.78, 5) is 15.7. The monoisotopic (exact) mass is 409 g/mol. The van der Waals surface area contributed by atoms with Crippen molar-refractivity contribution in [2.24, 2.45) is 0 Å². The van der Waals surface area contributed by atoms with Crippen molar-refractivity contribution in [1.29, 1.82) is 0 Å². The molecule has 156 valence electrons. The molecule has 4 rings (SSSR count). The fraction of sp³-hybridized carbons (Fsp3) is 0.364. The maximum Gasteiger partial charge on any atom is 0.495 e. The molecule has 0 spiro atoms. The topological polar surface area (TPSA) is 80.0 Å². The second kappa shape index (κ2) is 7.45. The van der Waals surface area contributed by atoms with E-state index in [1.165, 1.54) is 6.92 Å². The Morgan fingerprint density at radius 2 is 1.83 bits per heavy atom. The van der Waals surface area contributed by atoms with Crippen LogP contribution < -0.4 is 10.2 Å². The number of pyridine rings is 1. The van der Waals surface area contributed by atoms with Crippen LogP contribution in [0.5, 0.6) is 11.6 Å². The third kappa shape index (κ3) is 3.80. The minimum Gasteiger partial charge on any atom is -0.464 e. The molecule has 3 aromatic rings. The van der Waals surface area contributed by atoms with E-state index in [0.29, 0.717) is 17.2 Å². The van der Waals surface area contributed by atoms with E-state index < -0.39 is 18.3 Å².